The number of rotatable bonds is 4. The normalized spacial score (nSPS) is 16.4. The number of aliphatic imine (C=N–C) groups is 1. The Balaban J connectivity index is 0.00000242. The first kappa shape index (κ1) is 19.4. The average molecular weight is 439 g/mol. The number of hydrogen-bond acceptors (Lipinski definition) is 5. The van der Waals surface area contributed by atoms with Gasteiger partial charge in [0.2, 0.25) is 0 Å². The van der Waals surface area contributed by atoms with Gasteiger partial charge in [-0.15, -0.1) is 35.3 Å². The average Bonchev–Trinajstić information content (AvgIpc) is 2.93. The number of anilines is 1. The minimum absolute atomic E-state index is 0. The van der Waals surface area contributed by atoms with Crippen LogP contribution in [0.25, 0.3) is 0 Å². The van der Waals surface area contributed by atoms with Crippen molar-refractivity contribution in [3.8, 4) is 0 Å². The number of piperidine rings is 1. The fourth-order valence-electron chi connectivity index (χ4n) is 2.23. The number of aliphatic hydroxyl groups excluding tert-OH is 1. The minimum Gasteiger partial charge on any atom is -0.393 e. The summed E-state index contributed by atoms with van der Waals surface area (Å²) in [7, 11) is 3.99. The Morgan fingerprint density at radius 1 is 1.50 bits per heavy atom. The fraction of sp³-hybridized carbons (Fsp3) is 0.714. The van der Waals surface area contributed by atoms with Crippen LogP contribution >= 0.6 is 35.3 Å². The largest absolute Gasteiger partial charge is 0.393 e. The van der Waals surface area contributed by atoms with Crippen molar-refractivity contribution in [1.82, 2.24) is 15.2 Å². The summed E-state index contributed by atoms with van der Waals surface area (Å²) < 4.78 is 0. The maximum absolute atomic E-state index is 9.60. The summed E-state index contributed by atoms with van der Waals surface area (Å²) in [6, 6.07) is 0. The molecule has 0 aliphatic carbocycles. The highest BCUT2D eigenvalue weighted by Crippen LogP contribution is 2.18. The zero-order valence-electron chi connectivity index (χ0n) is 13.4. The maximum Gasteiger partial charge on any atom is 0.194 e. The van der Waals surface area contributed by atoms with E-state index in [2.05, 4.69) is 32.5 Å². The first-order valence-corrected chi connectivity index (χ1v) is 8.31. The Labute approximate surface area is 153 Å². The van der Waals surface area contributed by atoms with E-state index in [9.17, 15) is 5.11 Å². The first-order chi connectivity index (χ1) is 10.1. The van der Waals surface area contributed by atoms with Crippen LogP contribution in [0.15, 0.2) is 10.4 Å². The molecule has 0 aromatic carbocycles. The fourth-order valence-corrected chi connectivity index (χ4v) is 2.98. The topological polar surface area (TPSA) is 64.0 Å². The molecule has 126 valence electrons. The second-order valence-corrected chi connectivity index (χ2v) is 6.24. The SMILES string of the molecule is CCNC(=NCc1csc(N(C)C)n1)N1CCC(O)CC1.I. The molecule has 0 amide bonds. The smallest absolute Gasteiger partial charge is 0.194 e. The van der Waals surface area contributed by atoms with Crippen LogP contribution in [-0.2, 0) is 6.54 Å². The van der Waals surface area contributed by atoms with E-state index < -0.39 is 0 Å². The highest BCUT2D eigenvalue weighted by Gasteiger charge is 2.19. The molecule has 0 saturated carbocycles. The van der Waals surface area contributed by atoms with Gasteiger partial charge in [-0.25, -0.2) is 9.98 Å². The molecule has 1 aliphatic heterocycles. The Bertz CT molecular complexity index is 472. The lowest BCUT2D eigenvalue weighted by atomic mass is 10.1. The van der Waals surface area contributed by atoms with Gasteiger partial charge in [-0.3, -0.25) is 0 Å². The van der Waals surface area contributed by atoms with Crippen molar-refractivity contribution in [3.63, 3.8) is 0 Å². The summed E-state index contributed by atoms with van der Waals surface area (Å²) in [6.07, 6.45) is 1.46. The van der Waals surface area contributed by atoms with Crippen molar-refractivity contribution in [2.75, 3.05) is 38.6 Å². The van der Waals surface area contributed by atoms with E-state index in [0.717, 1.165) is 49.3 Å². The number of aliphatic hydroxyl groups is 1. The molecule has 1 saturated heterocycles. The number of hydrogen-bond donors (Lipinski definition) is 2. The third-order valence-corrected chi connectivity index (χ3v) is 4.47. The molecule has 0 radical (unpaired) electrons. The Morgan fingerprint density at radius 2 is 2.18 bits per heavy atom. The van der Waals surface area contributed by atoms with E-state index in [4.69, 9.17) is 0 Å². The van der Waals surface area contributed by atoms with E-state index in [1.54, 1.807) is 11.3 Å². The molecule has 6 nitrogen and oxygen atoms in total. The van der Waals surface area contributed by atoms with Gasteiger partial charge in [-0.2, -0.15) is 0 Å². The molecule has 1 aromatic rings. The van der Waals surface area contributed by atoms with E-state index >= 15 is 0 Å². The summed E-state index contributed by atoms with van der Waals surface area (Å²) >= 11 is 1.64. The second kappa shape index (κ2) is 9.51. The van der Waals surface area contributed by atoms with Crippen LogP contribution in [0, 0.1) is 0 Å². The van der Waals surface area contributed by atoms with E-state index in [1.807, 2.05) is 19.0 Å². The predicted octanol–water partition coefficient (Wildman–Crippen LogP) is 1.75. The lowest BCUT2D eigenvalue weighted by Gasteiger charge is -2.32. The number of nitrogens with one attached hydrogen (secondary N) is 1. The Morgan fingerprint density at radius 3 is 2.73 bits per heavy atom. The zero-order chi connectivity index (χ0) is 15.2. The molecule has 2 N–H and O–H groups in total. The van der Waals surface area contributed by atoms with Gasteiger partial charge in [0.15, 0.2) is 11.1 Å². The predicted molar refractivity (Wildman–Crippen MR) is 103 cm³/mol. The van der Waals surface area contributed by atoms with Crippen LogP contribution in [0.3, 0.4) is 0 Å². The molecule has 1 fully saturated rings. The van der Waals surface area contributed by atoms with Gasteiger partial charge < -0.3 is 20.2 Å². The van der Waals surface area contributed by atoms with Crippen LogP contribution in [0.2, 0.25) is 0 Å². The quantitative estimate of drug-likeness (QED) is 0.425. The molecule has 22 heavy (non-hydrogen) atoms. The summed E-state index contributed by atoms with van der Waals surface area (Å²) in [6.45, 7) is 5.21. The van der Waals surface area contributed by atoms with Gasteiger partial charge in [0.1, 0.15) is 0 Å². The van der Waals surface area contributed by atoms with Crippen LogP contribution in [0.4, 0.5) is 5.13 Å². The molecule has 1 aliphatic rings. The van der Waals surface area contributed by atoms with Crippen molar-refractivity contribution in [2.24, 2.45) is 4.99 Å². The van der Waals surface area contributed by atoms with Crippen LogP contribution in [0.5, 0.6) is 0 Å². The highest BCUT2D eigenvalue weighted by molar-refractivity contribution is 14.0. The van der Waals surface area contributed by atoms with Crippen molar-refractivity contribution < 1.29 is 5.11 Å². The molecular formula is C14H26IN5OS. The van der Waals surface area contributed by atoms with Gasteiger partial charge in [-0.1, -0.05) is 0 Å². The van der Waals surface area contributed by atoms with Gasteiger partial charge in [0.25, 0.3) is 0 Å². The van der Waals surface area contributed by atoms with Crippen molar-refractivity contribution in [1.29, 1.82) is 0 Å². The summed E-state index contributed by atoms with van der Waals surface area (Å²) in [4.78, 5) is 13.5. The van der Waals surface area contributed by atoms with Gasteiger partial charge in [-0.05, 0) is 19.8 Å². The molecule has 8 heteroatoms. The molecule has 0 unspecified atom stereocenters. The van der Waals surface area contributed by atoms with Crippen LogP contribution in [0.1, 0.15) is 25.5 Å². The van der Waals surface area contributed by atoms with Gasteiger partial charge >= 0.3 is 0 Å². The van der Waals surface area contributed by atoms with Crippen molar-refractivity contribution >= 4 is 46.4 Å². The summed E-state index contributed by atoms with van der Waals surface area (Å²) in [5.74, 6) is 0.920. The maximum atomic E-state index is 9.60. The van der Waals surface area contributed by atoms with E-state index in [0.29, 0.717) is 6.54 Å². The molecule has 0 spiro atoms. The molecule has 0 bridgehead atoms. The Hall–Kier alpha value is -0.610. The number of aromatic nitrogens is 1. The third kappa shape index (κ3) is 5.54. The first-order valence-electron chi connectivity index (χ1n) is 7.43. The van der Waals surface area contributed by atoms with Crippen LogP contribution < -0.4 is 10.2 Å². The minimum atomic E-state index is -0.162. The standard InChI is InChI=1S/C14H25N5OS.HI/c1-4-15-13(19-7-5-12(20)6-8-19)16-9-11-10-21-14(17-11)18(2)3;/h10,12,20H,4-9H2,1-3H3,(H,15,16);1H. The monoisotopic (exact) mass is 439 g/mol. The third-order valence-electron chi connectivity index (χ3n) is 3.41. The van der Waals surface area contributed by atoms with E-state index in [-0.39, 0.29) is 30.1 Å². The second-order valence-electron chi connectivity index (χ2n) is 5.40. The van der Waals surface area contributed by atoms with E-state index in [1.165, 1.54) is 0 Å². The number of halogens is 1. The molecule has 2 rings (SSSR count). The van der Waals surface area contributed by atoms with Crippen LogP contribution in [-0.4, -0.2) is 60.8 Å². The lowest BCUT2D eigenvalue weighted by Crippen LogP contribution is -2.46. The highest BCUT2D eigenvalue weighted by atomic mass is 127. The number of likely N-dealkylation sites (tertiary alicyclic amines) is 1. The zero-order valence-corrected chi connectivity index (χ0v) is 16.6. The molecule has 2 heterocycles. The number of guanidine groups is 1. The lowest BCUT2D eigenvalue weighted by molar-refractivity contribution is 0.108. The number of nitrogens with zero attached hydrogens (tertiary/aromatic N) is 4. The number of thiazole rings is 1. The molecule has 1 aromatic heterocycles. The molecular weight excluding hydrogens is 413 g/mol. The summed E-state index contributed by atoms with van der Waals surface area (Å²) in [5, 5.41) is 16.0. The van der Waals surface area contributed by atoms with Crippen molar-refractivity contribution in [3.05, 3.63) is 11.1 Å². The Kier molecular flexibility index (Phi) is 8.40. The van der Waals surface area contributed by atoms with Gasteiger partial charge in [0, 0.05) is 39.1 Å². The molecule has 0 atom stereocenters. The summed E-state index contributed by atoms with van der Waals surface area (Å²) in [5.41, 5.74) is 0.996. The van der Waals surface area contributed by atoms with Crippen molar-refractivity contribution in [2.45, 2.75) is 32.4 Å². The van der Waals surface area contributed by atoms with Gasteiger partial charge in [0.05, 0.1) is 18.3 Å².